The molecule has 3 aromatic rings. The summed E-state index contributed by atoms with van der Waals surface area (Å²) in [5.41, 5.74) is 2.01. The zero-order valence-electron chi connectivity index (χ0n) is 14.9. The van der Waals surface area contributed by atoms with E-state index in [1.165, 1.54) is 0 Å². The van der Waals surface area contributed by atoms with Crippen molar-refractivity contribution in [3.63, 3.8) is 0 Å². The number of carbonyl (C=O) groups excluding carboxylic acids is 2. The molecule has 3 rings (SSSR count). The van der Waals surface area contributed by atoms with Gasteiger partial charge in [0.15, 0.2) is 6.61 Å². The van der Waals surface area contributed by atoms with Gasteiger partial charge in [0, 0.05) is 11.3 Å². The van der Waals surface area contributed by atoms with E-state index in [2.05, 4.69) is 5.32 Å². The van der Waals surface area contributed by atoms with E-state index in [9.17, 15) is 9.59 Å². The van der Waals surface area contributed by atoms with Crippen molar-refractivity contribution in [1.82, 2.24) is 0 Å². The van der Waals surface area contributed by atoms with Crippen LogP contribution in [0, 0.1) is 0 Å². The first-order chi connectivity index (χ1) is 13.6. The largest absolute Gasteiger partial charge is 0.480 e. The first-order valence-corrected chi connectivity index (χ1v) is 8.98. The smallest absolute Gasteiger partial charge is 0.344 e. The molecule has 0 aliphatic carbocycles. The number of hydrogen-bond donors (Lipinski definition) is 1. The molecule has 0 saturated carbocycles. The number of hydrogen-bond acceptors (Lipinski definition) is 4. The monoisotopic (exact) mass is 395 g/mol. The van der Waals surface area contributed by atoms with E-state index in [0.29, 0.717) is 16.3 Å². The number of halogens is 1. The summed E-state index contributed by atoms with van der Waals surface area (Å²) < 4.78 is 10.5. The topological polar surface area (TPSA) is 64.6 Å². The van der Waals surface area contributed by atoms with Crippen LogP contribution in [0.15, 0.2) is 78.9 Å². The maximum absolute atomic E-state index is 12.2. The lowest BCUT2D eigenvalue weighted by Crippen LogP contribution is -2.15. The predicted octanol–water partition coefficient (Wildman–Crippen LogP) is 4.71. The number of esters is 1. The molecule has 1 N–H and O–H groups in total. The fraction of sp³-hybridized carbons (Fsp3) is 0.0909. The first-order valence-electron chi connectivity index (χ1n) is 8.60. The third-order valence-electron chi connectivity index (χ3n) is 3.83. The van der Waals surface area contributed by atoms with Gasteiger partial charge in [0.2, 0.25) is 0 Å². The molecular weight excluding hydrogens is 378 g/mol. The van der Waals surface area contributed by atoms with Gasteiger partial charge in [0.1, 0.15) is 12.4 Å². The average molecular weight is 396 g/mol. The fourth-order valence-corrected chi connectivity index (χ4v) is 2.57. The van der Waals surface area contributed by atoms with Gasteiger partial charge in [0.25, 0.3) is 5.91 Å². The molecule has 0 aliphatic heterocycles. The van der Waals surface area contributed by atoms with Crippen LogP contribution in [0.5, 0.6) is 5.75 Å². The van der Waals surface area contributed by atoms with Crippen LogP contribution in [0.1, 0.15) is 15.9 Å². The van der Waals surface area contributed by atoms with E-state index < -0.39 is 5.97 Å². The number of anilines is 1. The average Bonchev–Trinajstić information content (AvgIpc) is 2.73. The molecular formula is C22H18ClNO4. The Kier molecular flexibility index (Phi) is 6.65. The fourth-order valence-electron chi connectivity index (χ4n) is 2.38. The van der Waals surface area contributed by atoms with Crippen LogP contribution in [-0.4, -0.2) is 18.5 Å². The van der Waals surface area contributed by atoms with Gasteiger partial charge in [-0.3, -0.25) is 4.79 Å². The normalized spacial score (nSPS) is 10.2. The molecule has 0 bridgehead atoms. The highest BCUT2D eigenvalue weighted by atomic mass is 35.5. The summed E-state index contributed by atoms with van der Waals surface area (Å²) in [7, 11) is 0. The highest BCUT2D eigenvalue weighted by Crippen LogP contribution is 2.23. The first kappa shape index (κ1) is 19.5. The third-order valence-corrected chi connectivity index (χ3v) is 4.14. The lowest BCUT2D eigenvalue weighted by Gasteiger charge is -2.09. The number of nitrogens with one attached hydrogen (secondary N) is 1. The Balaban J connectivity index is 1.47. The Hall–Kier alpha value is -3.31. The molecule has 6 heteroatoms. The number of ether oxygens (including phenoxy) is 2. The Morgan fingerprint density at radius 3 is 2.25 bits per heavy atom. The van der Waals surface area contributed by atoms with Crippen LogP contribution in [0.2, 0.25) is 5.02 Å². The molecule has 1 amide bonds. The second kappa shape index (κ2) is 9.58. The number of para-hydroxylation sites is 2. The molecule has 0 saturated heterocycles. The van der Waals surface area contributed by atoms with Crippen molar-refractivity contribution in [3.8, 4) is 5.75 Å². The van der Waals surface area contributed by atoms with Gasteiger partial charge in [-0.25, -0.2) is 4.79 Å². The Bertz CT molecular complexity index is 942. The van der Waals surface area contributed by atoms with Crippen LogP contribution in [0.4, 0.5) is 5.69 Å². The van der Waals surface area contributed by atoms with Gasteiger partial charge in [-0.2, -0.15) is 0 Å². The lowest BCUT2D eigenvalue weighted by molar-refractivity contribution is -0.147. The highest BCUT2D eigenvalue weighted by Gasteiger charge is 2.09. The van der Waals surface area contributed by atoms with Gasteiger partial charge in [-0.15, -0.1) is 0 Å². The van der Waals surface area contributed by atoms with Gasteiger partial charge >= 0.3 is 5.97 Å². The summed E-state index contributed by atoms with van der Waals surface area (Å²) in [5, 5.41) is 3.24. The van der Waals surface area contributed by atoms with Crippen molar-refractivity contribution in [2.75, 3.05) is 11.9 Å². The van der Waals surface area contributed by atoms with Crippen molar-refractivity contribution < 1.29 is 19.1 Å². The highest BCUT2D eigenvalue weighted by molar-refractivity contribution is 6.32. The van der Waals surface area contributed by atoms with Crippen molar-refractivity contribution in [1.29, 1.82) is 0 Å². The standard InChI is InChI=1S/C22H18ClNO4/c23-19-8-4-5-9-20(19)27-15-21(25)28-14-16-10-12-17(13-11-16)22(26)24-18-6-2-1-3-7-18/h1-13H,14-15H2,(H,24,26). The van der Waals surface area contributed by atoms with Gasteiger partial charge in [0.05, 0.1) is 5.02 Å². The number of benzene rings is 3. The van der Waals surface area contributed by atoms with E-state index in [-0.39, 0.29) is 19.1 Å². The number of rotatable bonds is 7. The summed E-state index contributed by atoms with van der Waals surface area (Å²) >= 11 is 5.96. The minimum Gasteiger partial charge on any atom is -0.480 e. The third kappa shape index (κ3) is 5.59. The minimum absolute atomic E-state index is 0.0886. The van der Waals surface area contributed by atoms with E-state index >= 15 is 0 Å². The Morgan fingerprint density at radius 1 is 0.857 bits per heavy atom. The second-order valence-corrected chi connectivity index (χ2v) is 6.30. The molecule has 5 nitrogen and oxygen atoms in total. The minimum atomic E-state index is -0.509. The second-order valence-electron chi connectivity index (χ2n) is 5.90. The van der Waals surface area contributed by atoms with Crippen LogP contribution >= 0.6 is 11.6 Å². The maximum Gasteiger partial charge on any atom is 0.344 e. The molecule has 0 radical (unpaired) electrons. The van der Waals surface area contributed by atoms with Gasteiger partial charge in [-0.1, -0.05) is 54.1 Å². The van der Waals surface area contributed by atoms with Crippen molar-refractivity contribution in [3.05, 3.63) is 95.0 Å². The van der Waals surface area contributed by atoms with Crippen molar-refractivity contribution in [2.45, 2.75) is 6.61 Å². The predicted molar refractivity (Wildman–Crippen MR) is 108 cm³/mol. The van der Waals surface area contributed by atoms with Crippen LogP contribution in [-0.2, 0) is 16.1 Å². The van der Waals surface area contributed by atoms with Crippen molar-refractivity contribution >= 4 is 29.2 Å². The number of amides is 1. The summed E-state index contributed by atoms with van der Waals surface area (Å²) in [6.07, 6.45) is 0. The summed E-state index contributed by atoms with van der Waals surface area (Å²) in [6, 6.07) is 22.9. The molecule has 0 spiro atoms. The number of carbonyl (C=O) groups is 2. The zero-order chi connectivity index (χ0) is 19.8. The lowest BCUT2D eigenvalue weighted by atomic mass is 10.1. The Labute approximate surface area is 167 Å². The van der Waals surface area contributed by atoms with Crippen LogP contribution < -0.4 is 10.1 Å². The SMILES string of the molecule is O=C(COc1ccccc1Cl)OCc1ccc(C(=O)Nc2ccccc2)cc1. The van der Waals surface area contributed by atoms with E-state index in [1.54, 1.807) is 48.5 Å². The quantitative estimate of drug-likeness (QED) is 0.588. The van der Waals surface area contributed by atoms with Crippen LogP contribution in [0.25, 0.3) is 0 Å². The van der Waals surface area contributed by atoms with Gasteiger partial charge < -0.3 is 14.8 Å². The molecule has 0 unspecified atom stereocenters. The molecule has 0 heterocycles. The molecule has 3 aromatic carbocycles. The summed E-state index contributed by atoms with van der Waals surface area (Å²) in [4.78, 5) is 24.0. The summed E-state index contributed by atoms with van der Waals surface area (Å²) in [6.45, 7) is -0.146. The molecule has 0 fully saturated rings. The molecule has 142 valence electrons. The molecule has 0 atom stereocenters. The Morgan fingerprint density at radius 2 is 1.54 bits per heavy atom. The summed E-state index contributed by atoms with van der Waals surface area (Å²) in [5.74, 6) is -0.288. The van der Waals surface area contributed by atoms with E-state index in [0.717, 1.165) is 11.3 Å². The van der Waals surface area contributed by atoms with Gasteiger partial charge in [-0.05, 0) is 42.0 Å². The molecule has 28 heavy (non-hydrogen) atoms. The van der Waals surface area contributed by atoms with E-state index in [4.69, 9.17) is 21.1 Å². The van der Waals surface area contributed by atoms with Crippen molar-refractivity contribution in [2.24, 2.45) is 0 Å². The molecule has 0 aromatic heterocycles. The van der Waals surface area contributed by atoms with Crippen LogP contribution in [0.3, 0.4) is 0 Å². The van der Waals surface area contributed by atoms with E-state index in [1.807, 2.05) is 30.3 Å². The molecule has 0 aliphatic rings. The maximum atomic E-state index is 12.2. The zero-order valence-corrected chi connectivity index (χ0v) is 15.7.